The van der Waals surface area contributed by atoms with Crippen molar-refractivity contribution in [2.24, 2.45) is 11.1 Å². The molecule has 3 N–H and O–H groups in total. The van der Waals surface area contributed by atoms with E-state index in [1.807, 2.05) is 20.8 Å². The van der Waals surface area contributed by atoms with Crippen molar-refractivity contribution in [3.8, 4) is 0 Å². The summed E-state index contributed by atoms with van der Waals surface area (Å²) in [6.45, 7) is 6.72. The highest BCUT2D eigenvalue weighted by Gasteiger charge is 2.58. The summed E-state index contributed by atoms with van der Waals surface area (Å²) in [6, 6.07) is 0. The molecule has 1 aliphatic carbocycles. The number of amides is 1. The Balaban J connectivity index is 1.97. The summed E-state index contributed by atoms with van der Waals surface area (Å²) in [6.07, 6.45) is 5.03. The van der Waals surface area contributed by atoms with E-state index < -0.39 is 11.2 Å². The topological polar surface area (TPSA) is 75.8 Å². The first-order valence-electron chi connectivity index (χ1n) is 7.62. The van der Waals surface area contributed by atoms with Crippen LogP contribution in [0.25, 0.3) is 0 Å². The van der Waals surface area contributed by atoms with Crippen molar-refractivity contribution in [1.82, 2.24) is 4.90 Å². The van der Waals surface area contributed by atoms with E-state index in [0.717, 1.165) is 25.7 Å². The second-order valence-electron chi connectivity index (χ2n) is 7.41. The van der Waals surface area contributed by atoms with E-state index >= 15 is 0 Å². The fourth-order valence-electron chi connectivity index (χ4n) is 3.46. The number of β-amino-alcohol motifs (C(OH)–C–C–N with tert-alkyl or cyclic N) is 1. The first-order valence-corrected chi connectivity index (χ1v) is 7.62. The maximum absolute atomic E-state index is 12.0. The van der Waals surface area contributed by atoms with Crippen molar-refractivity contribution in [2.45, 2.75) is 64.1 Å². The molecule has 0 bridgehead atoms. The van der Waals surface area contributed by atoms with Crippen LogP contribution in [0.1, 0.15) is 52.9 Å². The number of nitrogens with zero attached hydrogens (tertiary/aromatic N) is 1. The van der Waals surface area contributed by atoms with Crippen LogP contribution in [0.5, 0.6) is 0 Å². The summed E-state index contributed by atoms with van der Waals surface area (Å²) in [5, 5.41) is 10.9. The second-order valence-corrected chi connectivity index (χ2v) is 7.41. The molecular weight excluding hydrogens is 256 g/mol. The summed E-state index contributed by atoms with van der Waals surface area (Å²) >= 11 is 0. The molecule has 0 aromatic rings. The van der Waals surface area contributed by atoms with Gasteiger partial charge in [0.15, 0.2) is 0 Å². The molecule has 0 aromatic carbocycles. The minimum Gasteiger partial charge on any atom is -0.444 e. The van der Waals surface area contributed by atoms with Gasteiger partial charge in [-0.15, -0.1) is 0 Å². The zero-order valence-corrected chi connectivity index (χ0v) is 12.9. The van der Waals surface area contributed by atoms with Crippen LogP contribution in [-0.4, -0.2) is 46.9 Å². The second kappa shape index (κ2) is 5.19. The molecule has 1 saturated carbocycles. The Kier molecular flexibility index (Phi) is 4.04. The number of likely N-dealkylation sites (tertiary alicyclic amines) is 1. The molecule has 1 saturated heterocycles. The SMILES string of the molecule is CC(C)(C)OC(=O)N1CC(O)(C2(CN)CCCCC2)C1. The Morgan fingerprint density at radius 1 is 1.25 bits per heavy atom. The quantitative estimate of drug-likeness (QED) is 0.812. The zero-order chi connectivity index (χ0) is 15.0. The van der Waals surface area contributed by atoms with Crippen LogP contribution in [0.3, 0.4) is 0 Å². The van der Waals surface area contributed by atoms with Crippen molar-refractivity contribution < 1.29 is 14.6 Å². The Morgan fingerprint density at radius 2 is 1.80 bits per heavy atom. The third kappa shape index (κ3) is 2.79. The van der Waals surface area contributed by atoms with E-state index in [4.69, 9.17) is 10.5 Å². The molecule has 1 heterocycles. The molecule has 0 unspecified atom stereocenters. The molecule has 2 aliphatic rings. The van der Waals surface area contributed by atoms with Crippen LogP contribution in [0, 0.1) is 5.41 Å². The summed E-state index contributed by atoms with van der Waals surface area (Å²) in [7, 11) is 0. The van der Waals surface area contributed by atoms with Crippen molar-refractivity contribution in [3.05, 3.63) is 0 Å². The Bertz CT molecular complexity index is 364. The first-order chi connectivity index (χ1) is 9.21. The average Bonchev–Trinajstić information content (AvgIpc) is 2.33. The maximum Gasteiger partial charge on any atom is 0.410 e. The van der Waals surface area contributed by atoms with Gasteiger partial charge in [-0.25, -0.2) is 4.79 Å². The van der Waals surface area contributed by atoms with Gasteiger partial charge in [0.1, 0.15) is 11.2 Å². The van der Waals surface area contributed by atoms with Gasteiger partial charge < -0.3 is 20.5 Å². The molecule has 2 fully saturated rings. The van der Waals surface area contributed by atoms with Crippen LogP contribution >= 0.6 is 0 Å². The van der Waals surface area contributed by atoms with E-state index in [9.17, 15) is 9.90 Å². The zero-order valence-electron chi connectivity index (χ0n) is 12.9. The van der Waals surface area contributed by atoms with Gasteiger partial charge in [0.2, 0.25) is 0 Å². The third-order valence-corrected chi connectivity index (χ3v) is 4.75. The summed E-state index contributed by atoms with van der Waals surface area (Å²) in [5.41, 5.74) is 4.41. The molecule has 0 spiro atoms. The number of rotatable bonds is 2. The third-order valence-electron chi connectivity index (χ3n) is 4.75. The lowest BCUT2D eigenvalue weighted by Gasteiger charge is -2.57. The Labute approximate surface area is 121 Å². The van der Waals surface area contributed by atoms with Gasteiger partial charge in [-0.3, -0.25) is 0 Å². The van der Waals surface area contributed by atoms with Gasteiger partial charge in [0.05, 0.1) is 13.1 Å². The molecule has 0 atom stereocenters. The molecule has 1 aliphatic heterocycles. The fourth-order valence-corrected chi connectivity index (χ4v) is 3.46. The molecular formula is C15H28N2O3. The van der Waals surface area contributed by atoms with E-state index in [1.165, 1.54) is 6.42 Å². The van der Waals surface area contributed by atoms with Crippen molar-refractivity contribution in [1.29, 1.82) is 0 Å². The standard InChI is InChI=1S/C15H28N2O3/c1-13(2,3)20-12(18)17-10-15(19,11-17)14(9-16)7-5-4-6-8-14/h19H,4-11,16H2,1-3H3. The van der Waals surface area contributed by atoms with Gasteiger partial charge in [0.25, 0.3) is 0 Å². The number of ether oxygens (including phenoxy) is 1. The van der Waals surface area contributed by atoms with Crippen LogP contribution in [-0.2, 0) is 4.74 Å². The minimum absolute atomic E-state index is 0.218. The van der Waals surface area contributed by atoms with Crippen LogP contribution in [0.4, 0.5) is 4.79 Å². The lowest BCUT2D eigenvalue weighted by atomic mass is 9.60. The predicted molar refractivity (Wildman–Crippen MR) is 77.3 cm³/mol. The van der Waals surface area contributed by atoms with Gasteiger partial charge in [0, 0.05) is 12.0 Å². The summed E-state index contributed by atoms with van der Waals surface area (Å²) < 4.78 is 5.33. The number of hydrogen-bond acceptors (Lipinski definition) is 4. The highest BCUT2D eigenvalue weighted by Crippen LogP contribution is 2.48. The number of hydrogen-bond donors (Lipinski definition) is 2. The summed E-state index contributed by atoms with van der Waals surface area (Å²) in [5.74, 6) is 0. The highest BCUT2D eigenvalue weighted by atomic mass is 16.6. The van der Waals surface area contributed by atoms with E-state index in [2.05, 4.69) is 0 Å². The molecule has 5 heteroatoms. The predicted octanol–water partition coefficient (Wildman–Crippen LogP) is 1.88. The van der Waals surface area contributed by atoms with E-state index in [-0.39, 0.29) is 11.5 Å². The highest BCUT2D eigenvalue weighted by molar-refractivity contribution is 5.69. The Morgan fingerprint density at radius 3 is 2.25 bits per heavy atom. The lowest BCUT2D eigenvalue weighted by molar-refractivity contribution is -0.181. The largest absolute Gasteiger partial charge is 0.444 e. The number of carbonyl (C=O) groups excluding carboxylic acids is 1. The van der Waals surface area contributed by atoms with Gasteiger partial charge in [-0.05, 0) is 33.6 Å². The molecule has 0 aromatic heterocycles. The molecule has 20 heavy (non-hydrogen) atoms. The van der Waals surface area contributed by atoms with E-state index in [0.29, 0.717) is 19.6 Å². The van der Waals surface area contributed by atoms with Crippen molar-refractivity contribution >= 4 is 6.09 Å². The number of aliphatic hydroxyl groups is 1. The van der Waals surface area contributed by atoms with Crippen LogP contribution in [0.2, 0.25) is 0 Å². The molecule has 0 radical (unpaired) electrons. The Hall–Kier alpha value is -0.810. The van der Waals surface area contributed by atoms with Gasteiger partial charge in [-0.2, -0.15) is 0 Å². The first kappa shape index (κ1) is 15.6. The lowest BCUT2D eigenvalue weighted by Crippen LogP contribution is -2.73. The fraction of sp³-hybridized carbons (Fsp3) is 0.933. The van der Waals surface area contributed by atoms with Gasteiger partial charge in [-0.1, -0.05) is 19.3 Å². The smallest absolute Gasteiger partial charge is 0.410 e. The van der Waals surface area contributed by atoms with Crippen LogP contribution in [0.15, 0.2) is 0 Å². The van der Waals surface area contributed by atoms with Gasteiger partial charge >= 0.3 is 6.09 Å². The normalized spacial score (nSPS) is 24.9. The van der Waals surface area contributed by atoms with E-state index in [1.54, 1.807) is 4.90 Å². The number of nitrogens with two attached hydrogens (primary N) is 1. The molecule has 1 amide bonds. The average molecular weight is 284 g/mol. The van der Waals surface area contributed by atoms with Crippen molar-refractivity contribution in [3.63, 3.8) is 0 Å². The van der Waals surface area contributed by atoms with Crippen LogP contribution < -0.4 is 5.73 Å². The molecule has 5 nitrogen and oxygen atoms in total. The molecule has 116 valence electrons. The molecule has 2 rings (SSSR count). The summed E-state index contributed by atoms with van der Waals surface area (Å²) in [4.78, 5) is 13.5. The van der Waals surface area contributed by atoms with Crippen molar-refractivity contribution in [2.75, 3.05) is 19.6 Å². The number of carbonyl (C=O) groups is 1. The maximum atomic E-state index is 12.0. The minimum atomic E-state index is -0.834. The monoisotopic (exact) mass is 284 g/mol.